The van der Waals surface area contributed by atoms with Gasteiger partial charge in [0.1, 0.15) is 0 Å². The number of rotatable bonds is 2. The largest absolute Gasteiger partial charge is 0.406 e. The van der Waals surface area contributed by atoms with Crippen LogP contribution in [-0.2, 0) is 0 Å². The highest BCUT2D eigenvalue weighted by atomic mass is 16.4. The molecule has 1 fully saturated rings. The zero-order chi connectivity index (χ0) is 10.8. The van der Waals surface area contributed by atoms with E-state index < -0.39 is 0 Å². The minimum Gasteiger partial charge on any atom is -0.406 e. The quantitative estimate of drug-likeness (QED) is 0.733. The van der Waals surface area contributed by atoms with Crippen LogP contribution in [-0.4, -0.2) is 48.3 Å². The predicted molar refractivity (Wildman–Crippen MR) is 56.6 cm³/mol. The van der Waals surface area contributed by atoms with Gasteiger partial charge < -0.3 is 20.0 Å². The van der Waals surface area contributed by atoms with Crippen molar-refractivity contribution >= 4 is 6.01 Å². The van der Waals surface area contributed by atoms with Crippen LogP contribution in [0.4, 0.5) is 6.01 Å². The Bertz CT molecular complexity index is 316. The van der Waals surface area contributed by atoms with Crippen molar-refractivity contribution in [1.29, 1.82) is 0 Å². The van der Waals surface area contributed by atoms with Gasteiger partial charge in [0.05, 0.1) is 6.04 Å². The fraction of sp³-hybridized carbons (Fsp3) is 0.778. The van der Waals surface area contributed by atoms with Gasteiger partial charge in [-0.25, -0.2) is 0 Å². The molecule has 1 unspecified atom stereocenters. The van der Waals surface area contributed by atoms with Gasteiger partial charge in [-0.15, -0.1) is 5.10 Å². The summed E-state index contributed by atoms with van der Waals surface area (Å²) >= 11 is 0. The molecule has 0 spiro atoms. The summed E-state index contributed by atoms with van der Waals surface area (Å²) in [4.78, 5) is 4.37. The molecule has 2 rings (SSSR count). The molecule has 1 aromatic rings. The zero-order valence-electron chi connectivity index (χ0n) is 9.18. The maximum Gasteiger partial charge on any atom is 0.318 e. The molecule has 6 nitrogen and oxygen atoms in total. The van der Waals surface area contributed by atoms with Crippen molar-refractivity contribution in [3.05, 3.63) is 5.89 Å². The van der Waals surface area contributed by atoms with E-state index >= 15 is 0 Å². The number of piperazine rings is 1. The second kappa shape index (κ2) is 4.16. The second-order valence-corrected chi connectivity index (χ2v) is 4.00. The van der Waals surface area contributed by atoms with Crippen molar-refractivity contribution in [1.82, 2.24) is 15.1 Å². The molecule has 6 heteroatoms. The van der Waals surface area contributed by atoms with Gasteiger partial charge in [-0.2, -0.15) is 0 Å². The third-order valence-electron chi connectivity index (χ3n) is 2.59. The normalized spacial score (nSPS) is 20.6. The van der Waals surface area contributed by atoms with Crippen molar-refractivity contribution in [3.8, 4) is 0 Å². The van der Waals surface area contributed by atoms with E-state index in [4.69, 9.17) is 10.2 Å². The molecule has 0 radical (unpaired) electrons. The fourth-order valence-corrected chi connectivity index (χ4v) is 1.54. The van der Waals surface area contributed by atoms with Gasteiger partial charge in [-0.05, 0) is 14.0 Å². The summed E-state index contributed by atoms with van der Waals surface area (Å²) in [6.07, 6.45) is 0. The highest BCUT2D eigenvalue weighted by Crippen LogP contribution is 2.16. The fourth-order valence-electron chi connectivity index (χ4n) is 1.54. The second-order valence-electron chi connectivity index (χ2n) is 4.00. The first-order chi connectivity index (χ1) is 7.16. The minimum absolute atomic E-state index is 0.196. The van der Waals surface area contributed by atoms with Gasteiger partial charge in [-0.1, -0.05) is 5.10 Å². The van der Waals surface area contributed by atoms with Crippen LogP contribution in [0, 0.1) is 0 Å². The van der Waals surface area contributed by atoms with E-state index in [1.165, 1.54) is 0 Å². The molecule has 0 bridgehead atoms. The summed E-state index contributed by atoms with van der Waals surface area (Å²) in [7, 11) is 2.11. The molecular weight excluding hydrogens is 194 g/mol. The van der Waals surface area contributed by atoms with Crippen LogP contribution in [0.1, 0.15) is 18.9 Å². The Morgan fingerprint density at radius 3 is 2.47 bits per heavy atom. The van der Waals surface area contributed by atoms with Gasteiger partial charge in [0.25, 0.3) is 0 Å². The lowest BCUT2D eigenvalue weighted by Crippen LogP contribution is -2.44. The van der Waals surface area contributed by atoms with Crippen LogP contribution >= 0.6 is 0 Å². The maximum atomic E-state index is 5.66. The molecule has 2 N–H and O–H groups in total. The van der Waals surface area contributed by atoms with E-state index in [-0.39, 0.29) is 6.04 Å². The van der Waals surface area contributed by atoms with Gasteiger partial charge >= 0.3 is 6.01 Å². The van der Waals surface area contributed by atoms with Crippen molar-refractivity contribution < 1.29 is 4.42 Å². The summed E-state index contributed by atoms with van der Waals surface area (Å²) in [5, 5.41) is 7.91. The van der Waals surface area contributed by atoms with Crippen molar-refractivity contribution in [2.45, 2.75) is 13.0 Å². The molecular formula is C9H17N5O. The minimum atomic E-state index is -0.196. The lowest BCUT2D eigenvalue weighted by Gasteiger charge is -2.30. The number of likely N-dealkylation sites (N-methyl/N-ethyl adjacent to an activating group) is 1. The van der Waals surface area contributed by atoms with E-state index in [2.05, 4.69) is 27.0 Å². The number of aromatic nitrogens is 2. The Balaban J connectivity index is 2.03. The first-order valence-corrected chi connectivity index (χ1v) is 5.19. The van der Waals surface area contributed by atoms with Crippen LogP contribution in [0.15, 0.2) is 4.42 Å². The smallest absolute Gasteiger partial charge is 0.318 e. The molecule has 1 atom stereocenters. The van der Waals surface area contributed by atoms with Crippen LogP contribution in [0.2, 0.25) is 0 Å². The molecule has 0 aliphatic carbocycles. The Morgan fingerprint density at radius 2 is 1.93 bits per heavy atom. The Morgan fingerprint density at radius 1 is 1.27 bits per heavy atom. The van der Waals surface area contributed by atoms with Gasteiger partial charge in [-0.3, -0.25) is 0 Å². The average molecular weight is 211 g/mol. The molecule has 0 amide bonds. The predicted octanol–water partition coefficient (Wildman–Crippen LogP) is -0.159. The van der Waals surface area contributed by atoms with Crippen LogP contribution < -0.4 is 10.6 Å². The molecule has 1 aliphatic heterocycles. The number of hydrogen-bond acceptors (Lipinski definition) is 6. The number of nitrogens with two attached hydrogens (primary N) is 1. The monoisotopic (exact) mass is 211 g/mol. The first kappa shape index (κ1) is 10.4. The van der Waals surface area contributed by atoms with Crippen LogP contribution in [0.25, 0.3) is 0 Å². The van der Waals surface area contributed by atoms with E-state index in [0.29, 0.717) is 11.9 Å². The molecule has 84 valence electrons. The molecule has 0 saturated carbocycles. The zero-order valence-corrected chi connectivity index (χ0v) is 9.18. The molecule has 15 heavy (non-hydrogen) atoms. The lowest BCUT2D eigenvalue weighted by molar-refractivity contribution is 0.303. The van der Waals surface area contributed by atoms with E-state index in [9.17, 15) is 0 Å². The highest BCUT2D eigenvalue weighted by molar-refractivity contribution is 5.25. The van der Waals surface area contributed by atoms with Crippen LogP contribution in [0.5, 0.6) is 0 Å². The number of anilines is 1. The topological polar surface area (TPSA) is 71.4 Å². The van der Waals surface area contributed by atoms with Crippen molar-refractivity contribution in [2.24, 2.45) is 5.73 Å². The standard InChI is InChI=1S/C9H17N5O/c1-7(10)8-11-12-9(15-8)14-5-3-13(2)4-6-14/h7H,3-6,10H2,1-2H3. The molecule has 0 aromatic carbocycles. The maximum absolute atomic E-state index is 5.66. The number of hydrogen-bond donors (Lipinski definition) is 1. The summed E-state index contributed by atoms with van der Waals surface area (Å²) in [6, 6.07) is 0.397. The SMILES string of the molecule is CC(N)c1nnc(N2CCN(C)CC2)o1. The Labute approximate surface area is 89.0 Å². The Kier molecular flexibility index (Phi) is 2.88. The molecule has 2 heterocycles. The van der Waals surface area contributed by atoms with Gasteiger partial charge in [0, 0.05) is 26.2 Å². The van der Waals surface area contributed by atoms with Crippen molar-refractivity contribution in [2.75, 3.05) is 38.1 Å². The first-order valence-electron chi connectivity index (χ1n) is 5.19. The van der Waals surface area contributed by atoms with E-state index in [1.807, 2.05) is 6.92 Å². The molecule has 1 aliphatic rings. The third-order valence-corrected chi connectivity index (χ3v) is 2.59. The van der Waals surface area contributed by atoms with E-state index in [0.717, 1.165) is 26.2 Å². The van der Waals surface area contributed by atoms with Gasteiger partial charge in [0.2, 0.25) is 5.89 Å². The molecule has 1 aromatic heterocycles. The average Bonchev–Trinajstić information content (AvgIpc) is 2.68. The van der Waals surface area contributed by atoms with Crippen LogP contribution in [0.3, 0.4) is 0 Å². The molecule has 1 saturated heterocycles. The van der Waals surface area contributed by atoms with E-state index in [1.54, 1.807) is 0 Å². The van der Waals surface area contributed by atoms with Gasteiger partial charge in [0.15, 0.2) is 0 Å². The lowest BCUT2D eigenvalue weighted by atomic mass is 10.3. The summed E-state index contributed by atoms with van der Waals surface area (Å²) < 4.78 is 5.48. The summed E-state index contributed by atoms with van der Waals surface area (Å²) in [6.45, 7) is 5.74. The Hall–Kier alpha value is -1.14. The number of nitrogens with zero attached hydrogens (tertiary/aromatic N) is 4. The highest BCUT2D eigenvalue weighted by Gasteiger charge is 2.19. The summed E-state index contributed by atoms with van der Waals surface area (Å²) in [5.41, 5.74) is 5.66. The summed E-state index contributed by atoms with van der Waals surface area (Å²) in [5.74, 6) is 0.504. The third kappa shape index (κ3) is 2.27. The van der Waals surface area contributed by atoms with Crippen molar-refractivity contribution in [3.63, 3.8) is 0 Å².